The Balaban J connectivity index is 2.63. The van der Waals surface area contributed by atoms with Crippen LogP contribution in [0.25, 0.3) is 0 Å². The minimum atomic E-state index is 1.13. The van der Waals surface area contributed by atoms with E-state index in [9.17, 15) is 0 Å². The van der Waals surface area contributed by atoms with Gasteiger partial charge in [0.25, 0.3) is 0 Å². The molecule has 0 rings (SSSR count). The van der Waals surface area contributed by atoms with Crippen molar-refractivity contribution in [3.05, 3.63) is 0 Å². The molecular weight excluding hydrogens is 141 g/mol. The average Bonchev–Trinajstić information content (AvgIpc) is 1.35. The molecule has 0 aliphatic carbocycles. The molecule has 0 bridgehead atoms. The first-order valence-electron chi connectivity index (χ1n) is 2.00. The van der Waals surface area contributed by atoms with Gasteiger partial charge in [-0.3, -0.25) is 0 Å². The van der Waals surface area contributed by atoms with Gasteiger partial charge in [-0.05, 0) is 0 Å². The molecule has 0 aromatic heterocycles. The molecule has 0 aromatic rings. The predicted molar refractivity (Wildman–Crippen MR) is 29.1 cm³/mol. The van der Waals surface area contributed by atoms with Crippen LogP contribution in [0.3, 0.4) is 0 Å². The van der Waals surface area contributed by atoms with E-state index in [2.05, 4.69) is 35.0 Å². The number of nitrogens with zero attached hydrogens (tertiary/aromatic N) is 1. The third-order valence-electron chi connectivity index (χ3n) is 0.539. The zero-order chi connectivity index (χ0) is 4.99. The zero-order valence-corrected chi connectivity index (χ0v) is 5.98. The molecule has 0 unspecified atom stereocenters. The summed E-state index contributed by atoms with van der Waals surface area (Å²) in [5.74, 6) is 0. The quantitative estimate of drug-likeness (QED) is 0.507. The molecule has 0 aliphatic rings. The van der Waals surface area contributed by atoms with Crippen molar-refractivity contribution in [1.29, 1.82) is 0 Å². The second-order valence-electron chi connectivity index (χ2n) is 1.51. The van der Waals surface area contributed by atoms with Crippen LogP contribution in [0.15, 0.2) is 0 Å². The van der Waals surface area contributed by atoms with Crippen molar-refractivity contribution in [3.63, 3.8) is 0 Å². The molecule has 1 nitrogen and oxygen atoms in total. The Morgan fingerprint density at radius 1 is 1.50 bits per heavy atom. The second-order valence-corrected chi connectivity index (χ2v) is 2.36. The molecular formula is C4H10NSe. The first-order valence-corrected chi connectivity index (χ1v) is 3.21. The third kappa shape index (κ3) is 4.48. The van der Waals surface area contributed by atoms with Gasteiger partial charge in [-0.15, -0.1) is 0 Å². The molecule has 0 aromatic carbocycles. The number of hydrogen-bond acceptors (Lipinski definition) is 1. The van der Waals surface area contributed by atoms with Crippen LogP contribution in [0.5, 0.6) is 0 Å². The molecule has 1 radical (unpaired) electrons. The fourth-order valence-electron chi connectivity index (χ4n) is 0.183. The van der Waals surface area contributed by atoms with Crippen LogP contribution in [-0.2, 0) is 0 Å². The maximum atomic E-state index is 2.93. The Morgan fingerprint density at radius 2 is 2.00 bits per heavy atom. The van der Waals surface area contributed by atoms with Crippen LogP contribution in [0.2, 0.25) is 5.32 Å². The van der Waals surface area contributed by atoms with Crippen molar-refractivity contribution >= 4 is 16.0 Å². The average molecular weight is 151 g/mol. The molecule has 0 spiro atoms. The van der Waals surface area contributed by atoms with Crippen LogP contribution in [0, 0.1) is 0 Å². The van der Waals surface area contributed by atoms with E-state index in [0.717, 1.165) is 11.9 Å². The van der Waals surface area contributed by atoms with Gasteiger partial charge in [-0.1, -0.05) is 0 Å². The van der Waals surface area contributed by atoms with Gasteiger partial charge < -0.3 is 0 Å². The number of hydrogen-bond donors (Lipinski definition) is 0. The Morgan fingerprint density at radius 3 is 2.00 bits per heavy atom. The summed E-state index contributed by atoms with van der Waals surface area (Å²) in [5, 5.41) is 1.13. The summed E-state index contributed by atoms with van der Waals surface area (Å²) >= 11 is 2.93. The van der Waals surface area contributed by atoms with Gasteiger partial charge in [0.2, 0.25) is 0 Å². The normalized spacial score (nSPS) is 10.0. The van der Waals surface area contributed by atoms with Crippen LogP contribution >= 0.6 is 0 Å². The predicted octanol–water partition coefficient (Wildman–Crippen LogP) is 0.135. The molecule has 6 heavy (non-hydrogen) atoms. The van der Waals surface area contributed by atoms with E-state index in [-0.39, 0.29) is 0 Å². The summed E-state index contributed by atoms with van der Waals surface area (Å²) in [6.07, 6.45) is 0. The standard InChI is InChI=1S/C4H10NSe/c1-5(2)3-4-6/h3-4H2,1-2H3. The molecule has 0 saturated carbocycles. The van der Waals surface area contributed by atoms with Crippen LogP contribution in [0.4, 0.5) is 0 Å². The van der Waals surface area contributed by atoms with Gasteiger partial charge >= 0.3 is 46.9 Å². The van der Waals surface area contributed by atoms with Crippen LogP contribution < -0.4 is 0 Å². The second kappa shape index (κ2) is 3.66. The minimum absolute atomic E-state index is 1.13. The molecule has 0 heterocycles. The maximum absolute atomic E-state index is 2.93. The van der Waals surface area contributed by atoms with E-state index in [0.29, 0.717) is 0 Å². The third-order valence-corrected chi connectivity index (χ3v) is 0.922. The fraction of sp³-hybridized carbons (Fsp3) is 1.00. The summed E-state index contributed by atoms with van der Waals surface area (Å²) < 4.78 is 0. The van der Waals surface area contributed by atoms with E-state index in [1.54, 1.807) is 0 Å². The summed E-state index contributed by atoms with van der Waals surface area (Å²) in [6, 6.07) is 0. The van der Waals surface area contributed by atoms with Gasteiger partial charge in [0.15, 0.2) is 0 Å². The molecule has 0 amide bonds. The molecule has 0 fully saturated rings. The fourth-order valence-corrected chi connectivity index (χ4v) is 0.949. The first kappa shape index (κ1) is 6.48. The van der Waals surface area contributed by atoms with Crippen molar-refractivity contribution in [2.75, 3.05) is 20.6 Å². The van der Waals surface area contributed by atoms with Gasteiger partial charge in [0.1, 0.15) is 0 Å². The number of rotatable bonds is 2. The van der Waals surface area contributed by atoms with Crippen molar-refractivity contribution < 1.29 is 0 Å². The Hall–Kier alpha value is 0.479. The van der Waals surface area contributed by atoms with Crippen molar-refractivity contribution in [2.45, 2.75) is 5.32 Å². The van der Waals surface area contributed by atoms with Crippen molar-refractivity contribution in [1.82, 2.24) is 4.90 Å². The van der Waals surface area contributed by atoms with Crippen LogP contribution in [-0.4, -0.2) is 41.6 Å². The summed E-state index contributed by atoms with van der Waals surface area (Å²) in [6.45, 7) is 1.15. The molecule has 37 valence electrons. The molecule has 0 atom stereocenters. The molecule has 2 heteroatoms. The van der Waals surface area contributed by atoms with Gasteiger partial charge in [0, 0.05) is 0 Å². The first-order chi connectivity index (χ1) is 2.77. The van der Waals surface area contributed by atoms with Gasteiger partial charge in [-0.25, -0.2) is 0 Å². The summed E-state index contributed by atoms with van der Waals surface area (Å²) in [7, 11) is 4.13. The van der Waals surface area contributed by atoms with E-state index >= 15 is 0 Å². The Kier molecular flexibility index (Phi) is 3.95. The topological polar surface area (TPSA) is 3.24 Å². The SMILES string of the molecule is CN(C)CC[Se]. The monoisotopic (exact) mass is 152 g/mol. The van der Waals surface area contributed by atoms with Crippen molar-refractivity contribution in [2.24, 2.45) is 0 Å². The van der Waals surface area contributed by atoms with E-state index < -0.39 is 0 Å². The molecule has 0 N–H and O–H groups in total. The van der Waals surface area contributed by atoms with Gasteiger partial charge in [-0.2, -0.15) is 0 Å². The van der Waals surface area contributed by atoms with E-state index in [1.807, 2.05) is 0 Å². The summed E-state index contributed by atoms with van der Waals surface area (Å²) in [5.41, 5.74) is 0. The van der Waals surface area contributed by atoms with E-state index in [4.69, 9.17) is 0 Å². The van der Waals surface area contributed by atoms with Gasteiger partial charge in [0.05, 0.1) is 0 Å². The van der Waals surface area contributed by atoms with Crippen molar-refractivity contribution in [3.8, 4) is 0 Å². The summed E-state index contributed by atoms with van der Waals surface area (Å²) in [4.78, 5) is 2.15. The van der Waals surface area contributed by atoms with E-state index in [1.165, 1.54) is 0 Å². The molecule has 0 saturated heterocycles. The zero-order valence-electron chi connectivity index (χ0n) is 4.27. The van der Waals surface area contributed by atoms with Crippen LogP contribution in [0.1, 0.15) is 0 Å². The Bertz CT molecular complexity index is 28.7. The Labute approximate surface area is 47.5 Å². The molecule has 0 aliphatic heterocycles.